The molecule has 0 bridgehead atoms. The fourth-order valence-electron chi connectivity index (χ4n) is 1.94. The molecule has 0 aliphatic carbocycles. The van der Waals surface area contributed by atoms with Crippen molar-refractivity contribution in [1.29, 1.82) is 0 Å². The van der Waals surface area contributed by atoms with Gasteiger partial charge in [0.2, 0.25) is 5.91 Å². The van der Waals surface area contributed by atoms with E-state index < -0.39 is 0 Å². The number of rotatable bonds is 5. The van der Waals surface area contributed by atoms with Crippen molar-refractivity contribution in [2.75, 3.05) is 20.6 Å². The van der Waals surface area contributed by atoms with Gasteiger partial charge in [0.15, 0.2) is 0 Å². The minimum absolute atomic E-state index is 0.0555. The molecule has 4 nitrogen and oxygen atoms in total. The largest absolute Gasteiger partial charge is 0.507 e. The van der Waals surface area contributed by atoms with Crippen LogP contribution in [0.5, 0.6) is 5.75 Å². The SMILES string of the molecule is CNC(=O)CCN(C)Cc1cc(C)c(O)c(C)c1. The first-order valence-corrected chi connectivity index (χ1v) is 6.12. The van der Waals surface area contributed by atoms with E-state index in [0.717, 1.165) is 29.8 Å². The van der Waals surface area contributed by atoms with Crippen molar-refractivity contribution in [1.82, 2.24) is 10.2 Å². The maximum absolute atomic E-state index is 11.2. The summed E-state index contributed by atoms with van der Waals surface area (Å²) in [6.45, 7) is 5.30. The molecule has 0 saturated carbocycles. The van der Waals surface area contributed by atoms with Crippen molar-refractivity contribution in [2.45, 2.75) is 26.8 Å². The zero-order chi connectivity index (χ0) is 13.7. The molecule has 0 saturated heterocycles. The second-order valence-electron chi connectivity index (χ2n) is 4.74. The van der Waals surface area contributed by atoms with Crippen LogP contribution in [0, 0.1) is 13.8 Å². The highest BCUT2D eigenvalue weighted by Crippen LogP contribution is 2.23. The molecule has 1 amide bonds. The first-order valence-electron chi connectivity index (χ1n) is 6.12. The third-order valence-corrected chi connectivity index (χ3v) is 3.00. The molecule has 0 unspecified atom stereocenters. The summed E-state index contributed by atoms with van der Waals surface area (Å²) >= 11 is 0. The van der Waals surface area contributed by atoms with Gasteiger partial charge in [-0.2, -0.15) is 0 Å². The normalized spacial score (nSPS) is 10.7. The predicted molar refractivity (Wildman–Crippen MR) is 72.6 cm³/mol. The Balaban J connectivity index is 2.59. The maximum atomic E-state index is 11.2. The molecule has 0 heterocycles. The van der Waals surface area contributed by atoms with Crippen molar-refractivity contribution in [3.05, 3.63) is 28.8 Å². The number of phenols is 1. The Bertz CT molecular complexity index is 407. The van der Waals surface area contributed by atoms with Crippen LogP contribution in [0.3, 0.4) is 0 Å². The van der Waals surface area contributed by atoms with Crippen molar-refractivity contribution in [3.63, 3.8) is 0 Å². The fourth-order valence-corrected chi connectivity index (χ4v) is 1.94. The number of aryl methyl sites for hydroxylation is 2. The van der Waals surface area contributed by atoms with Gasteiger partial charge in [-0.1, -0.05) is 12.1 Å². The molecule has 0 spiro atoms. The van der Waals surface area contributed by atoms with E-state index in [2.05, 4.69) is 10.2 Å². The first kappa shape index (κ1) is 14.5. The number of carbonyl (C=O) groups excluding carboxylic acids is 1. The molecule has 0 atom stereocenters. The third-order valence-electron chi connectivity index (χ3n) is 3.00. The fraction of sp³-hybridized carbons (Fsp3) is 0.500. The van der Waals surface area contributed by atoms with E-state index in [1.165, 1.54) is 0 Å². The van der Waals surface area contributed by atoms with Gasteiger partial charge < -0.3 is 15.3 Å². The summed E-state index contributed by atoms with van der Waals surface area (Å²) in [5, 5.41) is 12.3. The van der Waals surface area contributed by atoms with Crippen LogP contribution in [0.2, 0.25) is 0 Å². The van der Waals surface area contributed by atoms with E-state index in [9.17, 15) is 9.90 Å². The number of hydrogen-bond acceptors (Lipinski definition) is 3. The number of carbonyl (C=O) groups is 1. The summed E-state index contributed by atoms with van der Waals surface area (Å²) in [5.74, 6) is 0.423. The highest BCUT2D eigenvalue weighted by molar-refractivity contribution is 5.75. The maximum Gasteiger partial charge on any atom is 0.221 e. The summed E-state index contributed by atoms with van der Waals surface area (Å²) in [6, 6.07) is 3.97. The zero-order valence-electron chi connectivity index (χ0n) is 11.6. The zero-order valence-corrected chi connectivity index (χ0v) is 11.6. The number of amides is 1. The molecule has 0 radical (unpaired) electrons. The molecule has 1 aromatic rings. The molecule has 0 aliphatic rings. The number of nitrogens with zero attached hydrogens (tertiary/aromatic N) is 1. The molecule has 1 rings (SSSR count). The second kappa shape index (κ2) is 6.40. The van der Waals surface area contributed by atoms with Crippen LogP contribution in [-0.4, -0.2) is 36.6 Å². The number of phenolic OH excluding ortho intramolecular Hbond substituents is 1. The molecule has 100 valence electrons. The number of nitrogens with one attached hydrogen (secondary N) is 1. The lowest BCUT2D eigenvalue weighted by Gasteiger charge is -2.17. The van der Waals surface area contributed by atoms with Gasteiger partial charge in [0.25, 0.3) is 0 Å². The van der Waals surface area contributed by atoms with E-state index in [1.807, 2.05) is 33.0 Å². The minimum atomic E-state index is 0.0555. The Kier molecular flexibility index (Phi) is 5.16. The molecule has 0 aliphatic heterocycles. The van der Waals surface area contributed by atoms with E-state index in [0.29, 0.717) is 12.2 Å². The summed E-state index contributed by atoms with van der Waals surface area (Å²) in [5.41, 5.74) is 2.94. The summed E-state index contributed by atoms with van der Waals surface area (Å²) in [4.78, 5) is 13.2. The molecule has 18 heavy (non-hydrogen) atoms. The summed E-state index contributed by atoms with van der Waals surface area (Å²) < 4.78 is 0. The van der Waals surface area contributed by atoms with Gasteiger partial charge in [0.1, 0.15) is 5.75 Å². The highest BCUT2D eigenvalue weighted by Gasteiger charge is 2.07. The van der Waals surface area contributed by atoms with Crippen LogP contribution >= 0.6 is 0 Å². The monoisotopic (exact) mass is 250 g/mol. The Morgan fingerprint density at radius 2 is 1.89 bits per heavy atom. The lowest BCUT2D eigenvalue weighted by Crippen LogP contribution is -2.26. The molecular weight excluding hydrogens is 228 g/mol. The minimum Gasteiger partial charge on any atom is -0.507 e. The Morgan fingerprint density at radius 3 is 2.39 bits per heavy atom. The third kappa shape index (κ3) is 4.04. The number of benzene rings is 1. The van der Waals surface area contributed by atoms with Crippen molar-refractivity contribution in [2.24, 2.45) is 0 Å². The summed E-state index contributed by atoms with van der Waals surface area (Å²) in [7, 11) is 3.63. The summed E-state index contributed by atoms with van der Waals surface area (Å²) in [6.07, 6.45) is 0.503. The van der Waals surface area contributed by atoms with E-state index in [-0.39, 0.29) is 5.91 Å². The first-order chi connectivity index (χ1) is 8.43. The van der Waals surface area contributed by atoms with Crippen LogP contribution in [0.4, 0.5) is 0 Å². The van der Waals surface area contributed by atoms with Crippen LogP contribution < -0.4 is 5.32 Å². The van der Waals surface area contributed by atoms with Gasteiger partial charge in [0.05, 0.1) is 0 Å². The second-order valence-corrected chi connectivity index (χ2v) is 4.74. The predicted octanol–water partition coefficient (Wildman–Crippen LogP) is 1.58. The smallest absolute Gasteiger partial charge is 0.221 e. The Hall–Kier alpha value is -1.55. The van der Waals surface area contributed by atoms with Gasteiger partial charge in [-0.15, -0.1) is 0 Å². The average molecular weight is 250 g/mol. The van der Waals surface area contributed by atoms with Crippen LogP contribution in [0.25, 0.3) is 0 Å². The number of aromatic hydroxyl groups is 1. The Labute approximate surface area is 109 Å². The quantitative estimate of drug-likeness (QED) is 0.834. The van der Waals surface area contributed by atoms with Crippen molar-refractivity contribution >= 4 is 5.91 Å². The topological polar surface area (TPSA) is 52.6 Å². The van der Waals surface area contributed by atoms with E-state index >= 15 is 0 Å². The molecule has 0 aromatic heterocycles. The van der Waals surface area contributed by atoms with E-state index in [1.54, 1.807) is 7.05 Å². The van der Waals surface area contributed by atoms with Gasteiger partial charge in [-0.05, 0) is 37.6 Å². The lowest BCUT2D eigenvalue weighted by atomic mass is 10.1. The molecule has 0 fully saturated rings. The van der Waals surface area contributed by atoms with Crippen LogP contribution in [0.1, 0.15) is 23.1 Å². The van der Waals surface area contributed by atoms with Gasteiger partial charge in [-0.25, -0.2) is 0 Å². The highest BCUT2D eigenvalue weighted by atomic mass is 16.3. The van der Waals surface area contributed by atoms with Gasteiger partial charge >= 0.3 is 0 Å². The number of hydrogen-bond donors (Lipinski definition) is 2. The van der Waals surface area contributed by atoms with Crippen molar-refractivity contribution in [3.8, 4) is 5.75 Å². The lowest BCUT2D eigenvalue weighted by molar-refractivity contribution is -0.120. The van der Waals surface area contributed by atoms with Crippen LogP contribution in [0.15, 0.2) is 12.1 Å². The molecule has 4 heteroatoms. The van der Waals surface area contributed by atoms with Crippen LogP contribution in [-0.2, 0) is 11.3 Å². The van der Waals surface area contributed by atoms with E-state index in [4.69, 9.17) is 0 Å². The van der Waals surface area contributed by atoms with Gasteiger partial charge in [-0.3, -0.25) is 4.79 Å². The Morgan fingerprint density at radius 1 is 1.33 bits per heavy atom. The molecule has 1 aromatic carbocycles. The molecular formula is C14H22N2O2. The van der Waals surface area contributed by atoms with Gasteiger partial charge in [0, 0.05) is 26.6 Å². The molecule has 2 N–H and O–H groups in total. The average Bonchev–Trinajstić information content (AvgIpc) is 2.32. The van der Waals surface area contributed by atoms with Crippen molar-refractivity contribution < 1.29 is 9.90 Å². The standard InChI is InChI=1S/C14H22N2O2/c1-10-7-12(8-11(2)14(10)18)9-16(4)6-5-13(17)15-3/h7-8,18H,5-6,9H2,1-4H3,(H,15,17).